The molecule has 0 saturated carbocycles. The molecule has 0 saturated heterocycles. The van der Waals surface area contributed by atoms with Crippen molar-refractivity contribution in [3.8, 4) is 0 Å². The van der Waals surface area contributed by atoms with Crippen molar-refractivity contribution in [3.63, 3.8) is 0 Å². The van der Waals surface area contributed by atoms with Crippen LogP contribution >= 0.6 is 0 Å². The molecule has 8 heteroatoms. The molecule has 20 heavy (non-hydrogen) atoms. The molecule has 1 amide bonds. The molecular weight excluding hydrogens is 264 g/mol. The summed E-state index contributed by atoms with van der Waals surface area (Å²) >= 11 is 0. The first-order valence-corrected chi connectivity index (χ1v) is 6.27. The monoisotopic (exact) mass is 284 g/mol. The quantitative estimate of drug-likeness (QED) is 0.829. The average molecular weight is 284 g/mol. The summed E-state index contributed by atoms with van der Waals surface area (Å²) in [6, 6.07) is 0. The minimum Gasteiger partial charge on any atom is -0.461 e. The number of hydrogen-bond acceptors (Lipinski definition) is 6. The summed E-state index contributed by atoms with van der Waals surface area (Å²) in [5, 5.41) is 10.0. The molecule has 1 aromatic rings. The van der Waals surface area contributed by atoms with E-state index >= 15 is 0 Å². The van der Waals surface area contributed by atoms with Crippen LogP contribution in [-0.4, -0.2) is 39.3 Å². The smallest absolute Gasteiger partial charge is 0.407 e. The van der Waals surface area contributed by atoms with Crippen molar-refractivity contribution >= 4 is 12.1 Å². The van der Waals surface area contributed by atoms with Crippen LogP contribution in [0.4, 0.5) is 4.79 Å². The SMILES string of the molecule is CCOC(=O)c1nnn(C)c1CNC(=O)OC(C)(C)C. The summed E-state index contributed by atoms with van der Waals surface area (Å²) in [6.07, 6.45) is -0.575. The maximum Gasteiger partial charge on any atom is 0.407 e. The second-order valence-electron chi connectivity index (χ2n) is 5.08. The van der Waals surface area contributed by atoms with Gasteiger partial charge in [-0.05, 0) is 27.7 Å². The highest BCUT2D eigenvalue weighted by atomic mass is 16.6. The van der Waals surface area contributed by atoms with Crippen LogP contribution in [0.1, 0.15) is 43.9 Å². The number of esters is 1. The zero-order valence-corrected chi connectivity index (χ0v) is 12.4. The third kappa shape index (κ3) is 4.52. The number of hydrogen-bond donors (Lipinski definition) is 1. The zero-order chi connectivity index (χ0) is 15.3. The van der Waals surface area contributed by atoms with E-state index in [9.17, 15) is 9.59 Å². The first-order valence-electron chi connectivity index (χ1n) is 6.27. The summed E-state index contributed by atoms with van der Waals surface area (Å²) in [4.78, 5) is 23.2. The van der Waals surface area contributed by atoms with E-state index in [1.54, 1.807) is 34.7 Å². The summed E-state index contributed by atoms with van der Waals surface area (Å²) in [5.41, 5.74) is -0.0432. The van der Waals surface area contributed by atoms with Crippen LogP contribution in [-0.2, 0) is 23.1 Å². The van der Waals surface area contributed by atoms with Gasteiger partial charge in [-0.15, -0.1) is 5.10 Å². The van der Waals surface area contributed by atoms with E-state index in [-0.39, 0.29) is 18.8 Å². The van der Waals surface area contributed by atoms with E-state index in [2.05, 4.69) is 15.6 Å². The Balaban J connectivity index is 2.71. The van der Waals surface area contributed by atoms with Crippen molar-refractivity contribution in [1.29, 1.82) is 0 Å². The third-order valence-electron chi connectivity index (χ3n) is 2.21. The Kier molecular flexibility index (Phi) is 5.06. The van der Waals surface area contributed by atoms with Crippen molar-refractivity contribution in [2.75, 3.05) is 6.61 Å². The zero-order valence-electron chi connectivity index (χ0n) is 12.4. The molecule has 1 N–H and O–H groups in total. The van der Waals surface area contributed by atoms with Gasteiger partial charge < -0.3 is 14.8 Å². The minimum absolute atomic E-state index is 0.0760. The molecule has 8 nitrogen and oxygen atoms in total. The van der Waals surface area contributed by atoms with Gasteiger partial charge >= 0.3 is 12.1 Å². The Morgan fingerprint density at radius 2 is 2.00 bits per heavy atom. The number of alkyl carbamates (subject to hydrolysis) is 1. The molecule has 1 aromatic heterocycles. The minimum atomic E-state index is -0.585. The number of carbonyl (C=O) groups is 2. The number of aromatic nitrogens is 3. The van der Waals surface area contributed by atoms with Gasteiger partial charge in [0, 0.05) is 7.05 Å². The van der Waals surface area contributed by atoms with Gasteiger partial charge in [-0.1, -0.05) is 5.21 Å². The van der Waals surface area contributed by atoms with Crippen LogP contribution < -0.4 is 5.32 Å². The molecule has 0 aliphatic heterocycles. The Morgan fingerprint density at radius 3 is 2.55 bits per heavy atom. The van der Waals surface area contributed by atoms with Crippen LogP contribution in [0.15, 0.2) is 0 Å². The number of rotatable bonds is 4. The molecule has 1 heterocycles. The van der Waals surface area contributed by atoms with E-state index in [1.165, 1.54) is 4.68 Å². The predicted molar refractivity (Wildman–Crippen MR) is 70.0 cm³/mol. The Labute approximate surface area is 117 Å². The van der Waals surface area contributed by atoms with Gasteiger partial charge in [0.25, 0.3) is 0 Å². The van der Waals surface area contributed by atoms with Crippen molar-refractivity contribution < 1.29 is 19.1 Å². The second kappa shape index (κ2) is 6.36. The summed E-state index contributed by atoms with van der Waals surface area (Å²) in [6.45, 7) is 7.32. The van der Waals surface area contributed by atoms with Gasteiger partial charge in [-0.3, -0.25) is 0 Å². The van der Waals surface area contributed by atoms with E-state index in [0.29, 0.717) is 5.69 Å². The van der Waals surface area contributed by atoms with E-state index in [0.717, 1.165) is 0 Å². The maximum atomic E-state index is 11.7. The number of nitrogens with zero attached hydrogens (tertiary/aromatic N) is 3. The van der Waals surface area contributed by atoms with Gasteiger partial charge in [0.1, 0.15) is 5.60 Å². The number of amides is 1. The highest BCUT2D eigenvalue weighted by Gasteiger charge is 2.21. The molecule has 0 aliphatic carbocycles. The number of nitrogens with one attached hydrogen (secondary N) is 1. The van der Waals surface area contributed by atoms with Gasteiger partial charge in [-0.25, -0.2) is 14.3 Å². The highest BCUT2D eigenvalue weighted by molar-refractivity contribution is 5.88. The van der Waals surface area contributed by atoms with E-state index < -0.39 is 17.7 Å². The number of ether oxygens (including phenoxy) is 2. The number of aryl methyl sites for hydroxylation is 1. The highest BCUT2D eigenvalue weighted by Crippen LogP contribution is 2.09. The molecule has 0 spiro atoms. The lowest BCUT2D eigenvalue weighted by atomic mass is 10.2. The molecule has 0 radical (unpaired) electrons. The predicted octanol–water partition coefficient (Wildman–Crippen LogP) is 1.02. The average Bonchev–Trinajstić information content (AvgIpc) is 2.66. The largest absolute Gasteiger partial charge is 0.461 e. The van der Waals surface area contributed by atoms with Crippen LogP contribution in [0.5, 0.6) is 0 Å². The fourth-order valence-electron chi connectivity index (χ4n) is 1.40. The standard InChI is InChI=1S/C12H20N4O4/c1-6-19-10(17)9-8(16(5)15-14-9)7-13-11(18)20-12(2,3)4/h6-7H2,1-5H3,(H,13,18). The molecule has 0 aliphatic rings. The van der Waals surface area contributed by atoms with Gasteiger partial charge in [0.2, 0.25) is 0 Å². The summed E-state index contributed by atoms with van der Waals surface area (Å²) in [7, 11) is 1.63. The molecule has 112 valence electrons. The molecule has 0 fully saturated rings. The van der Waals surface area contributed by atoms with Crippen LogP contribution in [0, 0.1) is 0 Å². The van der Waals surface area contributed by atoms with Gasteiger partial charge in [-0.2, -0.15) is 0 Å². The molecule has 0 atom stereocenters. The third-order valence-corrected chi connectivity index (χ3v) is 2.21. The topological polar surface area (TPSA) is 95.3 Å². The van der Waals surface area contributed by atoms with E-state index in [4.69, 9.17) is 9.47 Å². The molecule has 0 unspecified atom stereocenters. The van der Waals surface area contributed by atoms with Crippen LogP contribution in [0.25, 0.3) is 0 Å². The molecular formula is C12H20N4O4. The molecule has 0 aromatic carbocycles. The van der Waals surface area contributed by atoms with E-state index in [1.807, 2.05) is 0 Å². The molecule has 0 bridgehead atoms. The summed E-state index contributed by atoms with van der Waals surface area (Å²) < 4.78 is 11.4. The van der Waals surface area contributed by atoms with Crippen molar-refractivity contribution in [2.24, 2.45) is 7.05 Å². The van der Waals surface area contributed by atoms with Crippen LogP contribution in [0.2, 0.25) is 0 Å². The Bertz CT molecular complexity index is 490. The number of carbonyl (C=O) groups excluding carboxylic acids is 2. The van der Waals surface area contributed by atoms with Crippen molar-refractivity contribution in [2.45, 2.75) is 39.8 Å². The first-order chi connectivity index (χ1) is 9.24. The lowest BCUT2D eigenvalue weighted by Crippen LogP contribution is -2.33. The van der Waals surface area contributed by atoms with Gasteiger partial charge in [0.15, 0.2) is 5.69 Å². The van der Waals surface area contributed by atoms with Crippen LogP contribution in [0.3, 0.4) is 0 Å². The first kappa shape index (κ1) is 15.9. The fourth-order valence-corrected chi connectivity index (χ4v) is 1.40. The Morgan fingerprint density at radius 1 is 1.35 bits per heavy atom. The lowest BCUT2D eigenvalue weighted by Gasteiger charge is -2.19. The van der Waals surface area contributed by atoms with Crippen molar-refractivity contribution in [3.05, 3.63) is 11.4 Å². The molecule has 1 rings (SSSR count). The summed E-state index contributed by atoms with van der Waals surface area (Å²) in [5.74, 6) is -0.568. The normalized spacial score (nSPS) is 11.1. The lowest BCUT2D eigenvalue weighted by molar-refractivity contribution is 0.0497. The fraction of sp³-hybridized carbons (Fsp3) is 0.667. The maximum absolute atomic E-state index is 11.7. The Hall–Kier alpha value is -2.12. The van der Waals surface area contributed by atoms with Crippen molar-refractivity contribution in [1.82, 2.24) is 20.3 Å². The second-order valence-corrected chi connectivity index (χ2v) is 5.08. The van der Waals surface area contributed by atoms with Gasteiger partial charge in [0.05, 0.1) is 18.8 Å².